The van der Waals surface area contributed by atoms with Crippen molar-refractivity contribution in [2.24, 2.45) is 0 Å². The summed E-state index contributed by atoms with van der Waals surface area (Å²) >= 11 is 0. The zero-order valence-corrected chi connectivity index (χ0v) is 16.6. The van der Waals surface area contributed by atoms with Crippen LogP contribution in [-0.2, 0) is 21.4 Å². The van der Waals surface area contributed by atoms with Gasteiger partial charge in [0.1, 0.15) is 0 Å². The SMILES string of the molecule is Cc1ccccc1CN(CCC(=O)NCCC1=CCCCC1)S(C)(=O)=O. The predicted molar refractivity (Wildman–Crippen MR) is 105 cm³/mol. The van der Waals surface area contributed by atoms with Gasteiger partial charge >= 0.3 is 0 Å². The second-order valence-electron chi connectivity index (χ2n) is 6.98. The Hall–Kier alpha value is -1.66. The average Bonchev–Trinajstić information content (AvgIpc) is 2.60. The van der Waals surface area contributed by atoms with Crippen LogP contribution < -0.4 is 5.32 Å². The Morgan fingerprint density at radius 3 is 2.65 bits per heavy atom. The van der Waals surface area contributed by atoms with Gasteiger partial charge < -0.3 is 5.32 Å². The third-order valence-corrected chi connectivity index (χ3v) is 6.07. The molecule has 0 aromatic heterocycles. The molecule has 144 valence electrons. The molecule has 1 aliphatic rings. The number of nitrogens with one attached hydrogen (secondary N) is 1. The molecule has 1 amide bonds. The monoisotopic (exact) mass is 378 g/mol. The molecular weight excluding hydrogens is 348 g/mol. The fraction of sp³-hybridized carbons (Fsp3) is 0.550. The van der Waals surface area contributed by atoms with Crippen LogP contribution in [0.1, 0.15) is 49.7 Å². The van der Waals surface area contributed by atoms with Gasteiger partial charge in [-0.2, -0.15) is 4.31 Å². The minimum absolute atomic E-state index is 0.0974. The molecule has 1 aromatic carbocycles. The Balaban J connectivity index is 1.82. The lowest BCUT2D eigenvalue weighted by Gasteiger charge is -2.21. The van der Waals surface area contributed by atoms with Gasteiger partial charge in [-0.3, -0.25) is 4.79 Å². The first-order valence-corrected chi connectivity index (χ1v) is 11.2. The molecule has 26 heavy (non-hydrogen) atoms. The number of carbonyl (C=O) groups excluding carboxylic acids is 1. The number of sulfonamides is 1. The number of allylic oxidation sites excluding steroid dienone is 1. The Bertz CT molecular complexity index is 741. The van der Waals surface area contributed by atoms with Gasteiger partial charge in [0.25, 0.3) is 0 Å². The molecule has 0 radical (unpaired) electrons. The van der Waals surface area contributed by atoms with Crippen molar-refractivity contribution in [3.63, 3.8) is 0 Å². The average molecular weight is 379 g/mol. The molecule has 1 aliphatic carbocycles. The number of hydrogen-bond acceptors (Lipinski definition) is 3. The maximum absolute atomic E-state index is 12.1. The van der Waals surface area contributed by atoms with E-state index in [4.69, 9.17) is 0 Å². The lowest BCUT2D eigenvalue weighted by molar-refractivity contribution is -0.121. The van der Waals surface area contributed by atoms with Crippen molar-refractivity contribution in [2.45, 2.75) is 52.0 Å². The fourth-order valence-electron chi connectivity index (χ4n) is 3.15. The number of nitrogens with zero attached hydrogens (tertiary/aromatic N) is 1. The van der Waals surface area contributed by atoms with Crippen LogP contribution in [0.5, 0.6) is 0 Å². The zero-order valence-electron chi connectivity index (χ0n) is 15.8. The third kappa shape index (κ3) is 6.92. The number of rotatable bonds is 9. The molecule has 0 saturated heterocycles. The first-order chi connectivity index (χ1) is 12.4. The van der Waals surface area contributed by atoms with E-state index in [0.29, 0.717) is 13.1 Å². The van der Waals surface area contributed by atoms with Crippen molar-refractivity contribution in [3.8, 4) is 0 Å². The number of benzene rings is 1. The maximum atomic E-state index is 12.1. The van der Waals surface area contributed by atoms with E-state index < -0.39 is 10.0 Å². The summed E-state index contributed by atoms with van der Waals surface area (Å²) in [5.41, 5.74) is 3.43. The number of hydrogen-bond donors (Lipinski definition) is 1. The molecule has 1 aromatic rings. The van der Waals surface area contributed by atoms with Gasteiger partial charge in [-0.05, 0) is 50.2 Å². The van der Waals surface area contributed by atoms with Crippen LogP contribution in [0.3, 0.4) is 0 Å². The Kier molecular flexibility index (Phi) is 7.85. The maximum Gasteiger partial charge on any atom is 0.221 e. The molecule has 0 aliphatic heterocycles. The topological polar surface area (TPSA) is 66.5 Å². The largest absolute Gasteiger partial charge is 0.356 e. The van der Waals surface area contributed by atoms with E-state index in [2.05, 4.69) is 11.4 Å². The second kappa shape index (κ2) is 9.88. The predicted octanol–water partition coefficient (Wildman–Crippen LogP) is 3.15. The second-order valence-corrected chi connectivity index (χ2v) is 8.96. The van der Waals surface area contributed by atoms with E-state index in [-0.39, 0.29) is 18.9 Å². The van der Waals surface area contributed by atoms with Crippen LogP contribution in [0.25, 0.3) is 0 Å². The van der Waals surface area contributed by atoms with Crippen molar-refractivity contribution in [1.29, 1.82) is 0 Å². The quantitative estimate of drug-likeness (QED) is 0.671. The Labute approximate surface area is 157 Å². The van der Waals surface area contributed by atoms with Gasteiger partial charge in [-0.15, -0.1) is 0 Å². The van der Waals surface area contributed by atoms with Gasteiger partial charge in [0.05, 0.1) is 6.26 Å². The first-order valence-electron chi connectivity index (χ1n) is 9.30. The summed E-state index contributed by atoms with van der Waals surface area (Å²) in [6.07, 6.45) is 9.32. The van der Waals surface area contributed by atoms with Crippen molar-refractivity contribution < 1.29 is 13.2 Å². The van der Waals surface area contributed by atoms with Crippen LogP contribution in [0.15, 0.2) is 35.9 Å². The van der Waals surface area contributed by atoms with Crippen LogP contribution in [-0.4, -0.2) is 38.0 Å². The van der Waals surface area contributed by atoms with Crippen LogP contribution in [0, 0.1) is 6.92 Å². The first kappa shape index (κ1) is 20.6. The fourth-order valence-corrected chi connectivity index (χ4v) is 3.94. The van der Waals surface area contributed by atoms with Gasteiger partial charge in [0.15, 0.2) is 0 Å². The molecule has 0 spiro atoms. The highest BCUT2D eigenvalue weighted by atomic mass is 32.2. The number of aryl methyl sites for hydroxylation is 1. The molecule has 6 heteroatoms. The summed E-state index contributed by atoms with van der Waals surface area (Å²) < 4.78 is 25.5. The van der Waals surface area contributed by atoms with Gasteiger partial charge in [0.2, 0.25) is 15.9 Å². The van der Waals surface area contributed by atoms with Gasteiger partial charge in [-0.25, -0.2) is 8.42 Å². The number of amides is 1. The highest BCUT2D eigenvalue weighted by Gasteiger charge is 2.19. The summed E-state index contributed by atoms with van der Waals surface area (Å²) in [7, 11) is -3.37. The van der Waals surface area contributed by atoms with Crippen LogP contribution in [0.2, 0.25) is 0 Å². The van der Waals surface area contributed by atoms with E-state index >= 15 is 0 Å². The van der Waals surface area contributed by atoms with E-state index in [0.717, 1.165) is 30.4 Å². The minimum Gasteiger partial charge on any atom is -0.356 e. The number of carbonyl (C=O) groups is 1. The smallest absolute Gasteiger partial charge is 0.221 e. The summed E-state index contributed by atoms with van der Waals surface area (Å²) in [6, 6.07) is 7.71. The van der Waals surface area contributed by atoms with E-state index in [1.807, 2.05) is 31.2 Å². The van der Waals surface area contributed by atoms with E-state index in [1.54, 1.807) is 0 Å². The molecule has 0 unspecified atom stereocenters. The van der Waals surface area contributed by atoms with Gasteiger partial charge in [0, 0.05) is 26.1 Å². The molecular formula is C20H30N2O3S. The molecule has 0 heterocycles. The van der Waals surface area contributed by atoms with Crippen molar-refractivity contribution in [2.75, 3.05) is 19.3 Å². The highest BCUT2D eigenvalue weighted by molar-refractivity contribution is 7.88. The molecule has 0 fully saturated rings. The van der Waals surface area contributed by atoms with Gasteiger partial charge in [-0.1, -0.05) is 35.9 Å². The van der Waals surface area contributed by atoms with Crippen LogP contribution >= 0.6 is 0 Å². The lowest BCUT2D eigenvalue weighted by atomic mass is 9.97. The van der Waals surface area contributed by atoms with Crippen LogP contribution in [0.4, 0.5) is 0 Å². The summed E-state index contributed by atoms with van der Waals surface area (Å²) in [6.45, 7) is 3.08. The molecule has 0 atom stereocenters. The summed E-state index contributed by atoms with van der Waals surface area (Å²) in [5, 5.41) is 2.91. The summed E-state index contributed by atoms with van der Waals surface area (Å²) in [5.74, 6) is -0.0974. The Morgan fingerprint density at radius 2 is 2.00 bits per heavy atom. The normalized spacial score (nSPS) is 15.0. The molecule has 0 saturated carbocycles. The van der Waals surface area contributed by atoms with E-state index in [9.17, 15) is 13.2 Å². The molecule has 1 N–H and O–H groups in total. The lowest BCUT2D eigenvalue weighted by Crippen LogP contribution is -2.34. The molecule has 2 rings (SSSR count). The van der Waals surface area contributed by atoms with Crippen molar-refractivity contribution in [3.05, 3.63) is 47.0 Å². The standard InChI is InChI=1S/C20H30N2O3S/c1-17-8-6-7-11-19(17)16-22(26(2,24)25)15-13-20(23)21-14-12-18-9-4-3-5-10-18/h6-9,11H,3-5,10,12-16H2,1-2H3,(H,21,23). The highest BCUT2D eigenvalue weighted by Crippen LogP contribution is 2.19. The van der Waals surface area contributed by atoms with Crippen molar-refractivity contribution in [1.82, 2.24) is 9.62 Å². The van der Waals surface area contributed by atoms with Crippen molar-refractivity contribution >= 4 is 15.9 Å². The molecule has 5 nitrogen and oxygen atoms in total. The zero-order chi connectivity index (χ0) is 19.0. The summed E-state index contributed by atoms with van der Waals surface area (Å²) in [4.78, 5) is 12.1. The minimum atomic E-state index is -3.37. The third-order valence-electron chi connectivity index (χ3n) is 4.82. The van der Waals surface area contributed by atoms with E-state index in [1.165, 1.54) is 29.0 Å². The molecule has 0 bridgehead atoms. The Morgan fingerprint density at radius 1 is 1.23 bits per heavy atom.